The van der Waals surface area contributed by atoms with Crippen LogP contribution in [0.4, 0.5) is 0 Å². The zero-order valence-corrected chi connectivity index (χ0v) is 38.8. The molecular formula is C51H98O6. The van der Waals surface area contributed by atoms with Gasteiger partial charge in [0.05, 0.1) is 0 Å². The lowest BCUT2D eigenvalue weighted by Crippen LogP contribution is -2.30. The molecule has 0 N–H and O–H groups in total. The van der Waals surface area contributed by atoms with Crippen molar-refractivity contribution in [3.63, 3.8) is 0 Å². The van der Waals surface area contributed by atoms with Crippen LogP contribution in [-0.2, 0) is 28.6 Å². The Hall–Kier alpha value is -1.59. The molecule has 0 bridgehead atoms. The first-order valence-corrected chi connectivity index (χ1v) is 25.4. The van der Waals surface area contributed by atoms with E-state index in [0.29, 0.717) is 19.3 Å². The topological polar surface area (TPSA) is 78.9 Å². The van der Waals surface area contributed by atoms with E-state index in [1.807, 2.05) is 0 Å². The van der Waals surface area contributed by atoms with Gasteiger partial charge < -0.3 is 14.2 Å². The zero-order chi connectivity index (χ0) is 41.7. The van der Waals surface area contributed by atoms with Crippen molar-refractivity contribution < 1.29 is 28.6 Å². The maximum absolute atomic E-state index is 12.7. The number of ether oxygens (including phenoxy) is 3. The Morgan fingerprint density at radius 3 is 0.860 bits per heavy atom. The normalized spacial score (nSPS) is 11.9. The van der Waals surface area contributed by atoms with Crippen LogP contribution in [0.1, 0.15) is 285 Å². The Morgan fingerprint density at radius 2 is 0.579 bits per heavy atom. The third kappa shape index (κ3) is 45.3. The van der Waals surface area contributed by atoms with Crippen LogP contribution >= 0.6 is 0 Å². The van der Waals surface area contributed by atoms with E-state index in [1.54, 1.807) is 0 Å². The molecule has 57 heavy (non-hydrogen) atoms. The van der Waals surface area contributed by atoms with Gasteiger partial charge in [-0.3, -0.25) is 14.4 Å². The van der Waals surface area contributed by atoms with Crippen molar-refractivity contribution in [1.82, 2.24) is 0 Å². The Kier molecular flexibility index (Phi) is 44.2. The minimum atomic E-state index is -0.760. The van der Waals surface area contributed by atoms with Crippen molar-refractivity contribution in [2.75, 3.05) is 13.2 Å². The highest BCUT2D eigenvalue weighted by Gasteiger charge is 2.19. The van der Waals surface area contributed by atoms with E-state index in [9.17, 15) is 14.4 Å². The molecule has 0 saturated heterocycles. The van der Waals surface area contributed by atoms with Gasteiger partial charge >= 0.3 is 17.9 Å². The molecule has 0 fully saturated rings. The minimum absolute atomic E-state index is 0.0638. The molecule has 0 radical (unpaired) electrons. The van der Waals surface area contributed by atoms with Gasteiger partial charge in [-0.2, -0.15) is 0 Å². The van der Waals surface area contributed by atoms with E-state index < -0.39 is 6.10 Å². The highest BCUT2D eigenvalue weighted by Crippen LogP contribution is 2.17. The Balaban J connectivity index is 4.23. The molecule has 0 aliphatic heterocycles. The lowest BCUT2D eigenvalue weighted by Gasteiger charge is -2.18. The predicted octanol–water partition coefficient (Wildman–Crippen LogP) is 16.3. The van der Waals surface area contributed by atoms with Crippen LogP contribution in [-0.4, -0.2) is 37.2 Å². The first-order valence-electron chi connectivity index (χ1n) is 25.4. The number of hydrogen-bond acceptors (Lipinski definition) is 6. The Morgan fingerprint density at radius 1 is 0.333 bits per heavy atom. The number of rotatable bonds is 46. The van der Waals surface area contributed by atoms with Gasteiger partial charge in [-0.25, -0.2) is 0 Å². The van der Waals surface area contributed by atoms with E-state index in [1.165, 1.54) is 180 Å². The summed E-state index contributed by atoms with van der Waals surface area (Å²) in [6.45, 7) is 8.95. The fourth-order valence-corrected chi connectivity index (χ4v) is 7.69. The summed E-state index contributed by atoms with van der Waals surface area (Å²) < 4.78 is 16.8. The molecule has 0 heterocycles. The second-order valence-electron chi connectivity index (χ2n) is 17.9. The van der Waals surface area contributed by atoms with E-state index in [2.05, 4.69) is 27.7 Å². The van der Waals surface area contributed by atoms with Crippen LogP contribution in [0.3, 0.4) is 0 Å². The number of carbonyl (C=O) groups excluding carboxylic acids is 3. The quantitative estimate of drug-likeness (QED) is 0.0346. The standard InChI is InChI=1S/C51H98O6/c1-5-7-9-11-13-15-17-19-20-21-22-23-24-26-27-29-34-38-42-49(52)55-45-48(46-56-50(53)43-39-35-32-31-33-37-41-47(3)4)57-51(54)44-40-36-30-28-25-18-16-14-12-10-8-6-2/h47-48H,5-46H2,1-4H3/t48-/m1/s1. The molecule has 6 nitrogen and oxygen atoms in total. The average Bonchev–Trinajstić information content (AvgIpc) is 3.19. The molecule has 0 aromatic rings. The molecule has 0 aliphatic rings. The highest BCUT2D eigenvalue weighted by molar-refractivity contribution is 5.71. The van der Waals surface area contributed by atoms with Gasteiger partial charge in [0.1, 0.15) is 13.2 Å². The third-order valence-corrected chi connectivity index (χ3v) is 11.5. The molecule has 0 aromatic carbocycles. The number of carbonyl (C=O) groups is 3. The number of hydrogen-bond donors (Lipinski definition) is 0. The van der Waals surface area contributed by atoms with Crippen molar-refractivity contribution in [2.45, 2.75) is 291 Å². The summed E-state index contributed by atoms with van der Waals surface area (Å²) >= 11 is 0. The monoisotopic (exact) mass is 807 g/mol. The second kappa shape index (κ2) is 45.5. The SMILES string of the molecule is CCCCCCCCCCCCCCCCCCCCC(=O)OC[C@H](COC(=O)CCCCCCCCC(C)C)OC(=O)CCCCCCCCCCCCCC. The third-order valence-electron chi connectivity index (χ3n) is 11.5. The molecule has 6 heteroatoms. The summed E-state index contributed by atoms with van der Waals surface area (Å²) in [5, 5.41) is 0. The first kappa shape index (κ1) is 55.4. The minimum Gasteiger partial charge on any atom is -0.462 e. The summed E-state index contributed by atoms with van der Waals surface area (Å²) in [6.07, 6.45) is 46.7. The van der Waals surface area contributed by atoms with Gasteiger partial charge in [0.25, 0.3) is 0 Å². The van der Waals surface area contributed by atoms with E-state index >= 15 is 0 Å². The second-order valence-corrected chi connectivity index (χ2v) is 17.9. The smallest absolute Gasteiger partial charge is 0.306 e. The van der Waals surface area contributed by atoms with Crippen molar-refractivity contribution in [1.29, 1.82) is 0 Å². The molecule has 0 aromatic heterocycles. The van der Waals surface area contributed by atoms with Crippen molar-refractivity contribution in [3.05, 3.63) is 0 Å². The van der Waals surface area contributed by atoms with Gasteiger partial charge in [0, 0.05) is 19.3 Å². The molecule has 0 spiro atoms. The van der Waals surface area contributed by atoms with Gasteiger partial charge in [0.15, 0.2) is 6.10 Å². The van der Waals surface area contributed by atoms with E-state index in [0.717, 1.165) is 63.7 Å². The van der Waals surface area contributed by atoms with Crippen LogP contribution in [0.25, 0.3) is 0 Å². The molecule has 0 rings (SSSR count). The van der Waals surface area contributed by atoms with E-state index in [4.69, 9.17) is 14.2 Å². The van der Waals surface area contributed by atoms with Crippen molar-refractivity contribution in [2.24, 2.45) is 5.92 Å². The molecule has 0 amide bonds. The fraction of sp³-hybridized carbons (Fsp3) is 0.941. The van der Waals surface area contributed by atoms with Gasteiger partial charge in [-0.05, 0) is 25.2 Å². The molecule has 0 saturated carbocycles. The summed E-state index contributed by atoms with van der Waals surface area (Å²) in [4.78, 5) is 37.8. The number of unbranched alkanes of at least 4 members (excludes halogenated alkanes) is 33. The zero-order valence-electron chi connectivity index (χ0n) is 38.8. The molecule has 0 aliphatic carbocycles. The van der Waals surface area contributed by atoms with E-state index in [-0.39, 0.29) is 31.1 Å². The maximum atomic E-state index is 12.7. The van der Waals surface area contributed by atoms with Crippen molar-refractivity contribution >= 4 is 17.9 Å². The van der Waals surface area contributed by atoms with Crippen LogP contribution in [0.15, 0.2) is 0 Å². The molecule has 0 unspecified atom stereocenters. The average molecular weight is 807 g/mol. The van der Waals surface area contributed by atoms with Crippen molar-refractivity contribution in [3.8, 4) is 0 Å². The van der Waals surface area contributed by atoms with Crippen LogP contribution in [0.5, 0.6) is 0 Å². The summed E-state index contributed by atoms with van der Waals surface area (Å²) in [7, 11) is 0. The van der Waals surface area contributed by atoms with Crippen LogP contribution in [0.2, 0.25) is 0 Å². The fourth-order valence-electron chi connectivity index (χ4n) is 7.69. The Bertz CT molecular complexity index is 857. The van der Waals surface area contributed by atoms with Gasteiger partial charge in [-0.1, -0.05) is 246 Å². The molecular weight excluding hydrogens is 709 g/mol. The predicted molar refractivity (Wildman–Crippen MR) is 243 cm³/mol. The number of esters is 3. The summed E-state index contributed by atoms with van der Waals surface area (Å²) in [6, 6.07) is 0. The molecule has 338 valence electrons. The lowest BCUT2D eigenvalue weighted by molar-refractivity contribution is -0.167. The summed E-state index contributed by atoms with van der Waals surface area (Å²) in [5.74, 6) is -0.0884. The van der Waals surface area contributed by atoms with Gasteiger partial charge in [0.2, 0.25) is 0 Å². The van der Waals surface area contributed by atoms with Crippen LogP contribution in [0, 0.1) is 5.92 Å². The lowest BCUT2D eigenvalue weighted by atomic mass is 10.0. The highest BCUT2D eigenvalue weighted by atomic mass is 16.6. The maximum Gasteiger partial charge on any atom is 0.306 e. The van der Waals surface area contributed by atoms with Crippen LogP contribution < -0.4 is 0 Å². The largest absolute Gasteiger partial charge is 0.462 e. The molecule has 1 atom stereocenters. The first-order chi connectivity index (χ1) is 27.9. The van der Waals surface area contributed by atoms with Gasteiger partial charge in [-0.15, -0.1) is 0 Å². The summed E-state index contributed by atoms with van der Waals surface area (Å²) in [5.41, 5.74) is 0. The Labute approximate surface area is 355 Å².